The maximum absolute atomic E-state index is 14.5. The van der Waals surface area contributed by atoms with E-state index in [1.165, 1.54) is 24.5 Å². The second kappa shape index (κ2) is 12.7. The number of pyridine rings is 1. The molecule has 224 valence electrons. The minimum atomic E-state index is -1.30. The first-order valence-electron chi connectivity index (χ1n) is 13.8. The van der Waals surface area contributed by atoms with E-state index >= 15 is 0 Å². The molecule has 43 heavy (non-hydrogen) atoms. The van der Waals surface area contributed by atoms with Crippen molar-refractivity contribution in [2.24, 2.45) is 0 Å². The Bertz CT molecular complexity index is 1780. The van der Waals surface area contributed by atoms with E-state index in [0.29, 0.717) is 50.9 Å². The zero-order valence-electron chi connectivity index (χ0n) is 25.1. The van der Waals surface area contributed by atoms with E-state index in [2.05, 4.69) is 19.6 Å². The summed E-state index contributed by atoms with van der Waals surface area (Å²) in [6.45, 7) is 7.60. The van der Waals surface area contributed by atoms with Crippen LogP contribution in [0.4, 0.5) is 4.39 Å². The van der Waals surface area contributed by atoms with Gasteiger partial charge in [-0.25, -0.2) is 14.4 Å². The molecule has 8 nitrogen and oxygen atoms in total. The molecule has 3 heterocycles. The summed E-state index contributed by atoms with van der Waals surface area (Å²) in [5.41, 5.74) is 2.65. The van der Waals surface area contributed by atoms with E-state index in [0.717, 1.165) is 11.6 Å². The number of hydrogen-bond acceptors (Lipinski definition) is 8. The second-order valence-electron chi connectivity index (χ2n) is 11.2. The van der Waals surface area contributed by atoms with Crippen LogP contribution in [0.1, 0.15) is 16.3 Å². The standard InChI is InChI=1S/C32H34FN3O5SSi/c1-38-26-12-10-20(16-28(26)40-3)25-17-36(19-41-14-15-43(4,5)6)32(35-25)30(37)24-11-13-27(39-2)29(34-24)22-18-42-31-21(22)8-7-9-23(31)33/h7-13,16-18H,14-15,19H2,1-6H3. The third kappa shape index (κ3) is 6.48. The van der Waals surface area contributed by atoms with Gasteiger partial charge in [-0.3, -0.25) is 4.79 Å². The van der Waals surface area contributed by atoms with Gasteiger partial charge in [0.15, 0.2) is 17.3 Å². The maximum atomic E-state index is 14.5. The second-order valence-corrected chi connectivity index (χ2v) is 17.7. The summed E-state index contributed by atoms with van der Waals surface area (Å²) >= 11 is 1.28. The van der Waals surface area contributed by atoms with Crippen molar-refractivity contribution in [1.82, 2.24) is 14.5 Å². The molecule has 0 saturated carbocycles. The Morgan fingerprint density at radius 3 is 2.42 bits per heavy atom. The lowest BCUT2D eigenvalue weighted by Gasteiger charge is -2.16. The lowest BCUT2D eigenvalue weighted by Crippen LogP contribution is -2.22. The Hall–Kier alpha value is -4.06. The van der Waals surface area contributed by atoms with Gasteiger partial charge in [-0.15, -0.1) is 11.3 Å². The van der Waals surface area contributed by atoms with Gasteiger partial charge in [-0.1, -0.05) is 31.8 Å². The zero-order chi connectivity index (χ0) is 30.7. The fraction of sp³-hybridized carbons (Fsp3) is 0.281. The van der Waals surface area contributed by atoms with Crippen molar-refractivity contribution in [3.05, 3.63) is 77.4 Å². The van der Waals surface area contributed by atoms with Gasteiger partial charge in [0, 0.05) is 42.8 Å². The normalized spacial score (nSPS) is 11.6. The molecule has 0 spiro atoms. The van der Waals surface area contributed by atoms with Gasteiger partial charge in [-0.05, 0) is 42.4 Å². The lowest BCUT2D eigenvalue weighted by atomic mass is 10.1. The highest BCUT2D eigenvalue weighted by Gasteiger charge is 2.24. The number of methoxy groups -OCH3 is 3. The number of carbonyl (C=O) groups is 1. The van der Waals surface area contributed by atoms with Crippen LogP contribution in [-0.4, -0.2) is 56.3 Å². The topological polar surface area (TPSA) is 84.7 Å². The Kier molecular flexibility index (Phi) is 8.95. The number of hydrogen-bond donors (Lipinski definition) is 0. The SMILES string of the molecule is COc1ccc(-c2cn(COCC[Si](C)(C)C)c(C(=O)c3ccc(OC)c(-c4csc5c(F)cccc45)n3)n2)cc1OC. The first-order valence-corrected chi connectivity index (χ1v) is 18.4. The van der Waals surface area contributed by atoms with Crippen molar-refractivity contribution in [2.75, 3.05) is 27.9 Å². The van der Waals surface area contributed by atoms with E-state index in [-0.39, 0.29) is 29.8 Å². The minimum absolute atomic E-state index is 0.156. The monoisotopic (exact) mass is 619 g/mol. The van der Waals surface area contributed by atoms with Crippen LogP contribution < -0.4 is 14.2 Å². The van der Waals surface area contributed by atoms with Gasteiger partial charge in [0.1, 0.15) is 29.7 Å². The molecule has 0 amide bonds. The van der Waals surface area contributed by atoms with Crippen LogP contribution in [0.2, 0.25) is 25.7 Å². The fourth-order valence-electron chi connectivity index (χ4n) is 4.62. The van der Waals surface area contributed by atoms with Crippen molar-refractivity contribution in [1.29, 1.82) is 0 Å². The van der Waals surface area contributed by atoms with Crippen LogP contribution in [0, 0.1) is 5.82 Å². The largest absolute Gasteiger partial charge is 0.494 e. The molecule has 0 radical (unpaired) electrons. The summed E-state index contributed by atoms with van der Waals surface area (Å²) in [6.07, 6.45) is 1.79. The van der Waals surface area contributed by atoms with Crippen LogP contribution in [-0.2, 0) is 11.5 Å². The number of benzene rings is 2. The number of ether oxygens (including phenoxy) is 4. The van der Waals surface area contributed by atoms with Crippen LogP contribution >= 0.6 is 11.3 Å². The third-order valence-electron chi connectivity index (χ3n) is 7.00. The zero-order valence-corrected chi connectivity index (χ0v) is 26.9. The Balaban J connectivity index is 1.55. The lowest BCUT2D eigenvalue weighted by molar-refractivity contribution is 0.0811. The Morgan fingerprint density at radius 1 is 0.953 bits per heavy atom. The predicted molar refractivity (Wildman–Crippen MR) is 170 cm³/mol. The highest BCUT2D eigenvalue weighted by atomic mass is 32.1. The average molecular weight is 620 g/mol. The summed E-state index contributed by atoms with van der Waals surface area (Å²) in [4.78, 5) is 23.5. The highest BCUT2D eigenvalue weighted by molar-refractivity contribution is 7.17. The maximum Gasteiger partial charge on any atom is 0.246 e. The summed E-state index contributed by atoms with van der Waals surface area (Å²) in [6, 6.07) is 14.7. The van der Waals surface area contributed by atoms with Crippen molar-refractivity contribution in [3.8, 4) is 39.8 Å². The molecule has 0 aliphatic rings. The smallest absolute Gasteiger partial charge is 0.246 e. The number of ketones is 1. The molecule has 3 aromatic heterocycles. The van der Waals surface area contributed by atoms with Crippen LogP contribution in [0.15, 0.2) is 60.1 Å². The molecule has 0 fully saturated rings. The van der Waals surface area contributed by atoms with Crippen molar-refractivity contribution in [2.45, 2.75) is 32.4 Å². The third-order valence-corrected chi connectivity index (χ3v) is 9.71. The number of halogens is 1. The molecule has 0 N–H and O–H groups in total. The molecule has 5 aromatic rings. The van der Waals surface area contributed by atoms with E-state index in [9.17, 15) is 9.18 Å². The first kappa shape index (κ1) is 30.4. The summed E-state index contributed by atoms with van der Waals surface area (Å²) in [5.74, 6) is 1.11. The average Bonchev–Trinajstić information content (AvgIpc) is 3.63. The molecule has 0 atom stereocenters. The first-order chi connectivity index (χ1) is 20.6. The van der Waals surface area contributed by atoms with E-state index in [1.54, 1.807) is 49.2 Å². The molecule has 5 rings (SSSR count). The van der Waals surface area contributed by atoms with Gasteiger partial charge in [0.05, 0.1) is 31.7 Å². The van der Waals surface area contributed by atoms with Gasteiger partial charge in [0.25, 0.3) is 0 Å². The summed E-state index contributed by atoms with van der Waals surface area (Å²) in [5, 5.41) is 2.53. The number of fused-ring (bicyclic) bond motifs is 1. The molecule has 0 aliphatic carbocycles. The van der Waals surface area contributed by atoms with Crippen molar-refractivity contribution < 1.29 is 28.1 Å². The molecule has 11 heteroatoms. The number of nitrogens with zero attached hydrogens (tertiary/aromatic N) is 3. The van der Waals surface area contributed by atoms with E-state index < -0.39 is 8.07 Å². The number of imidazole rings is 1. The van der Waals surface area contributed by atoms with Crippen LogP contribution in [0.5, 0.6) is 17.2 Å². The quantitative estimate of drug-likeness (QED) is 0.0811. The number of rotatable bonds is 12. The van der Waals surface area contributed by atoms with Gasteiger partial charge in [-0.2, -0.15) is 0 Å². The minimum Gasteiger partial charge on any atom is -0.494 e. The fourth-order valence-corrected chi connectivity index (χ4v) is 6.34. The van der Waals surface area contributed by atoms with Crippen LogP contribution in [0.25, 0.3) is 32.6 Å². The number of aromatic nitrogens is 3. The molecule has 0 unspecified atom stereocenters. The Morgan fingerprint density at radius 2 is 1.70 bits per heavy atom. The van der Waals surface area contributed by atoms with Gasteiger partial charge in [0.2, 0.25) is 5.78 Å². The van der Waals surface area contributed by atoms with Gasteiger partial charge >= 0.3 is 0 Å². The van der Waals surface area contributed by atoms with E-state index in [4.69, 9.17) is 28.9 Å². The van der Waals surface area contributed by atoms with Crippen molar-refractivity contribution >= 4 is 35.3 Å². The van der Waals surface area contributed by atoms with E-state index in [1.807, 2.05) is 23.6 Å². The molecular weight excluding hydrogens is 586 g/mol. The van der Waals surface area contributed by atoms with Crippen molar-refractivity contribution in [3.63, 3.8) is 0 Å². The summed E-state index contributed by atoms with van der Waals surface area (Å²) in [7, 11) is 3.38. The molecule has 0 saturated heterocycles. The number of thiophene rings is 1. The molecule has 2 aromatic carbocycles. The van der Waals surface area contributed by atoms with Gasteiger partial charge < -0.3 is 23.5 Å². The Labute approximate surface area is 255 Å². The predicted octanol–water partition coefficient (Wildman–Crippen LogP) is 7.54. The molecular formula is C32H34FN3O5SSi. The summed E-state index contributed by atoms with van der Waals surface area (Å²) < 4.78 is 39.2. The molecule has 0 aliphatic heterocycles. The number of carbonyl (C=O) groups excluding carboxylic acids is 1. The highest BCUT2D eigenvalue weighted by Crippen LogP contribution is 2.39. The van der Waals surface area contributed by atoms with Crippen LogP contribution in [0.3, 0.4) is 0 Å². The molecule has 0 bridgehead atoms.